The zero-order valence-electron chi connectivity index (χ0n) is 19.7. The van der Waals surface area contributed by atoms with Crippen LogP contribution in [0.5, 0.6) is 0 Å². The molecule has 35 heavy (non-hydrogen) atoms. The first kappa shape index (κ1) is 21.7. The normalized spacial score (nSPS) is 15.2. The first-order valence-corrected chi connectivity index (χ1v) is 12.5. The Kier molecular flexibility index (Phi) is 5.84. The zero-order chi connectivity index (χ0) is 23.6. The largest absolute Gasteiger partial charge is 0.352 e. The van der Waals surface area contributed by atoms with Gasteiger partial charge in [0.2, 0.25) is 5.95 Å². The number of aromatic amines is 1. The Morgan fingerprint density at radius 2 is 1.57 bits per heavy atom. The van der Waals surface area contributed by atoms with Gasteiger partial charge in [0.25, 0.3) is 0 Å². The van der Waals surface area contributed by atoms with E-state index in [-0.39, 0.29) is 5.69 Å². The number of anilines is 1. The van der Waals surface area contributed by atoms with Crippen molar-refractivity contribution in [2.24, 2.45) is 0 Å². The van der Waals surface area contributed by atoms with E-state index in [1.807, 2.05) is 41.0 Å². The first-order chi connectivity index (χ1) is 17.3. The van der Waals surface area contributed by atoms with Crippen LogP contribution in [0.1, 0.15) is 19.3 Å². The van der Waals surface area contributed by atoms with Gasteiger partial charge in [-0.2, -0.15) is 0 Å². The molecule has 0 atom stereocenters. The lowest BCUT2D eigenvalue weighted by molar-refractivity contribution is 0.213. The van der Waals surface area contributed by atoms with Gasteiger partial charge in [-0.1, -0.05) is 42.5 Å². The standard InChI is InChI=1S/C28H30N6O/c35-28-31-23-11-4-6-13-25(23)33(28)18-8-17-32-19-15-21(16-20-32)29-27-30-24-12-5-7-14-26(24)34(27)22-9-2-1-3-10-22/h1-7,9-14,21H,8,15-20H2,(H,29,30)(H,31,35). The molecule has 3 aromatic carbocycles. The van der Waals surface area contributed by atoms with Gasteiger partial charge < -0.3 is 15.2 Å². The second kappa shape index (κ2) is 9.43. The Balaban J connectivity index is 1.08. The Bertz CT molecular complexity index is 1490. The van der Waals surface area contributed by atoms with Gasteiger partial charge in [0, 0.05) is 31.4 Å². The zero-order valence-corrected chi connectivity index (χ0v) is 19.7. The fraction of sp³-hybridized carbons (Fsp3) is 0.286. The quantitative estimate of drug-likeness (QED) is 0.367. The molecule has 1 aliphatic rings. The van der Waals surface area contributed by atoms with Gasteiger partial charge in [0.1, 0.15) is 0 Å². The van der Waals surface area contributed by atoms with Crippen molar-refractivity contribution >= 4 is 28.0 Å². The summed E-state index contributed by atoms with van der Waals surface area (Å²) in [7, 11) is 0. The predicted molar refractivity (Wildman–Crippen MR) is 141 cm³/mol. The maximum atomic E-state index is 12.3. The van der Waals surface area contributed by atoms with Gasteiger partial charge in [-0.05, 0) is 62.2 Å². The summed E-state index contributed by atoms with van der Waals surface area (Å²) in [5.74, 6) is 0.912. The smallest absolute Gasteiger partial charge is 0.326 e. The fourth-order valence-electron chi connectivity index (χ4n) is 5.23. The van der Waals surface area contributed by atoms with E-state index < -0.39 is 0 Å². The molecule has 3 heterocycles. The molecule has 178 valence electrons. The molecule has 2 N–H and O–H groups in total. The molecule has 6 rings (SSSR count). The van der Waals surface area contributed by atoms with Crippen LogP contribution >= 0.6 is 0 Å². The van der Waals surface area contributed by atoms with Crippen LogP contribution in [0.4, 0.5) is 5.95 Å². The first-order valence-electron chi connectivity index (χ1n) is 12.5. The molecule has 2 aromatic heterocycles. The number of aromatic nitrogens is 4. The number of benzene rings is 3. The minimum Gasteiger partial charge on any atom is -0.352 e. The average molecular weight is 467 g/mol. The number of imidazole rings is 2. The second-order valence-corrected chi connectivity index (χ2v) is 9.31. The number of nitrogens with zero attached hydrogens (tertiary/aromatic N) is 4. The molecular weight excluding hydrogens is 436 g/mol. The lowest BCUT2D eigenvalue weighted by Crippen LogP contribution is -2.40. The van der Waals surface area contributed by atoms with Gasteiger partial charge in [-0.3, -0.25) is 9.13 Å². The molecule has 1 fully saturated rings. The van der Waals surface area contributed by atoms with Crippen molar-refractivity contribution in [3.63, 3.8) is 0 Å². The van der Waals surface area contributed by atoms with E-state index in [0.29, 0.717) is 6.04 Å². The molecule has 0 radical (unpaired) electrons. The van der Waals surface area contributed by atoms with E-state index >= 15 is 0 Å². The summed E-state index contributed by atoms with van der Waals surface area (Å²) in [5, 5.41) is 3.74. The summed E-state index contributed by atoms with van der Waals surface area (Å²) >= 11 is 0. The summed E-state index contributed by atoms with van der Waals surface area (Å²) in [5.41, 5.74) is 5.12. The van der Waals surface area contributed by atoms with Crippen molar-refractivity contribution in [2.45, 2.75) is 31.8 Å². The Morgan fingerprint density at radius 1 is 0.857 bits per heavy atom. The van der Waals surface area contributed by atoms with Crippen molar-refractivity contribution in [3.05, 3.63) is 89.3 Å². The fourth-order valence-corrected chi connectivity index (χ4v) is 5.23. The van der Waals surface area contributed by atoms with E-state index in [2.05, 4.69) is 62.2 Å². The van der Waals surface area contributed by atoms with Gasteiger partial charge in [-0.15, -0.1) is 0 Å². The van der Waals surface area contributed by atoms with Crippen LogP contribution in [-0.2, 0) is 6.54 Å². The highest BCUT2D eigenvalue weighted by atomic mass is 16.1. The third-order valence-corrected chi connectivity index (χ3v) is 7.03. The number of piperidine rings is 1. The molecule has 1 saturated heterocycles. The van der Waals surface area contributed by atoms with Crippen LogP contribution in [0.15, 0.2) is 83.7 Å². The van der Waals surface area contributed by atoms with Gasteiger partial charge in [-0.25, -0.2) is 9.78 Å². The van der Waals surface area contributed by atoms with Gasteiger partial charge >= 0.3 is 5.69 Å². The molecule has 0 unspecified atom stereocenters. The number of para-hydroxylation sites is 5. The molecule has 0 saturated carbocycles. The second-order valence-electron chi connectivity index (χ2n) is 9.31. The van der Waals surface area contributed by atoms with E-state index in [9.17, 15) is 4.79 Å². The maximum Gasteiger partial charge on any atom is 0.326 e. The number of likely N-dealkylation sites (tertiary alicyclic amines) is 1. The van der Waals surface area contributed by atoms with Crippen LogP contribution in [-0.4, -0.2) is 49.7 Å². The number of rotatable bonds is 7. The molecule has 5 aromatic rings. The predicted octanol–water partition coefficient (Wildman–Crippen LogP) is 4.64. The third kappa shape index (κ3) is 4.35. The van der Waals surface area contributed by atoms with Crippen molar-refractivity contribution in [1.82, 2.24) is 24.0 Å². The Labute approximate surface area is 204 Å². The summed E-state index contributed by atoms with van der Waals surface area (Å²) in [6.07, 6.45) is 3.11. The summed E-state index contributed by atoms with van der Waals surface area (Å²) in [6.45, 7) is 3.83. The average Bonchev–Trinajstić information content (AvgIpc) is 3.42. The lowest BCUT2D eigenvalue weighted by atomic mass is 10.1. The van der Waals surface area contributed by atoms with Crippen molar-refractivity contribution in [1.29, 1.82) is 0 Å². The SMILES string of the molecule is O=c1[nH]c2ccccc2n1CCCN1CCC(Nc2nc3ccccc3n2-c2ccccc2)CC1. The molecule has 7 heteroatoms. The molecule has 1 aliphatic heterocycles. The maximum absolute atomic E-state index is 12.3. The minimum absolute atomic E-state index is 0.0181. The number of fused-ring (bicyclic) bond motifs is 2. The minimum atomic E-state index is -0.0181. The number of hydrogen-bond donors (Lipinski definition) is 2. The molecule has 0 spiro atoms. The number of H-pyrrole nitrogens is 1. The summed E-state index contributed by atoms with van der Waals surface area (Å²) in [6, 6.07) is 27.0. The van der Waals surface area contributed by atoms with Crippen molar-refractivity contribution in [2.75, 3.05) is 25.0 Å². The van der Waals surface area contributed by atoms with Crippen LogP contribution < -0.4 is 11.0 Å². The Morgan fingerprint density at radius 3 is 2.40 bits per heavy atom. The highest BCUT2D eigenvalue weighted by Crippen LogP contribution is 2.26. The van der Waals surface area contributed by atoms with Crippen molar-refractivity contribution < 1.29 is 0 Å². The molecule has 0 bridgehead atoms. The summed E-state index contributed by atoms with van der Waals surface area (Å²) < 4.78 is 4.08. The van der Waals surface area contributed by atoms with Crippen LogP contribution in [0, 0.1) is 0 Å². The highest BCUT2D eigenvalue weighted by molar-refractivity contribution is 5.81. The van der Waals surface area contributed by atoms with E-state index in [1.54, 1.807) is 0 Å². The highest BCUT2D eigenvalue weighted by Gasteiger charge is 2.21. The van der Waals surface area contributed by atoms with Crippen LogP contribution in [0.25, 0.3) is 27.8 Å². The topological polar surface area (TPSA) is 70.9 Å². The van der Waals surface area contributed by atoms with Gasteiger partial charge in [0.05, 0.1) is 22.1 Å². The Hall–Kier alpha value is -3.84. The molecule has 0 aliphatic carbocycles. The summed E-state index contributed by atoms with van der Waals surface area (Å²) in [4.78, 5) is 22.7. The molecular formula is C28H30N6O. The van der Waals surface area contributed by atoms with E-state index in [0.717, 1.165) is 79.1 Å². The van der Waals surface area contributed by atoms with Crippen molar-refractivity contribution in [3.8, 4) is 5.69 Å². The number of aryl methyl sites for hydroxylation is 1. The van der Waals surface area contributed by atoms with Crippen LogP contribution in [0.3, 0.4) is 0 Å². The van der Waals surface area contributed by atoms with Crippen LogP contribution in [0.2, 0.25) is 0 Å². The van der Waals surface area contributed by atoms with E-state index in [1.165, 1.54) is 0 Å². The molecule has 7 nitrogen and oxygen atoms in total. The third-order valence-electron chi connectivity index (χ3n) is 7.03. The number of nitrogens with one attached hydrogen (secondary N) is 2. The number of hydrogen-bond acceptors (Lipinski definition) is 4. The van der Waals surface area contributed by atoms with E-state index in [4.69, 9.17) is 4.98 Å². The van der Waals surface area contributed by atoms with Gasteiger partial charge in [0.15, 0.2) is 0 Å². The monoisotopic (exact) mass is 466 g/mol. The molecule has 0 amide bonds. The lowest BCUT2D eigenvalue weighted by Gasteiger charge is -2.32.